The summed E-state index contributed by atoms with van der Waals surface area (Å²) in [4.78, 5) is 14.6. The summed E-state index contributed by atoms with van der Waals surface area (Å²) in [7, 11) is 0. The SMILES string of the molecule is O=C(NCC1CNCC1O)c1cc(I)c[nH]1. The number of nitrogens with one attached hydrogen (secondary N) is 3. The van der Waals surface area contributed by atoms with Crippen molar-refractivity contribution >= 4 is 28.5 Å². The van der Waals surface area contributed by atoms with Crippen LogP contribution in [0.1, 0.15) is 10.5 Å². The number of amides is 1. The average molecular weight is 335 g/mol. The highest BCUT2D eigenvalue weighted by atomic mass is 127. The molecule has 1 aromatic heterocycles. The molecule has 0 bridgehead atoms. The van der Waals surface area contributed by atoms with Gasteiger partial charge >= 0.3 is 0 Å². The monoisotopic (exact) mass is 335 g/mol. The van der Waals surface area contributed by atoms with E-state index in [1.165, 1.54) is 0 Å². The van der Waals surface area contributed by atoms with E-state index in [0.29, 0.717) is 18.8 Å². The number of aliphatic hydroxyl groups is 1. The van der Waals surface area contributed by atoms with Gasteiger partial charge in [0.1, 0.15) is 5.69 Å². The molecule has 2 heterocycles. The van der Waals surface area contributed by atoms with Gasteiger partial charge in [0.2, 0.25) is 0 Å². The van der Waals surface area contributed by atoms with Gasteiger partial charge in [-0.05, 0) is 28.7 Å². The highest BCUT2D eigenvalue weighted by Gasteiger charge is 2.25. The standard InChI is InChI=1S/C10H14IN3O2/c11-7-1-8(13-4-7)10(16)14-3-6-2-12-5-9(6)15/h1,4,6,9,12-13,15H,2-3,5H2,(H,14,16). The quantitative estimate of drug-likeness (QED) is 0.584. The zero-order valence-electron chi connectivity index (χ0n) is 8.66. The summed E-state index contributed by atoms with van der Waals surface area (Å²) in [6.07, 6.45) is 1.42. The molecule has 0 aliphatic carbocycles. The molecule has 2 atom stereocenters. The van der Waals surface area contributed by atoms with E-state index in [-0.39, 0.29) is 17.9 Å². The van der Waals surface area contributed by atoms with Crippen LogP contribution in [-0.4, -0.2) is 41.7 Å². The van der Waals surface area contributed by atoms with Crippen molar-refractivity contribution in [1.29, 1.82) is 0 Å². The normalized spacial score (nSPS) is 24.6. The molecule has 1 fully saturated rings. The summed E-state index contributed by atoms with van der Waals surface area (Å²) in [5, 5.41) is 15.4. The Morgan fingerprint density at radius 2 is 2.44 bits per heavy atom. The predicted molar refractivity (Wildman–Crippen MR) is 68.2 cm³/mol. The largest absolute Gasteiger partial charge is 0.391 e. The van der Waals surface area contributed by atoms with Gasteiger partial charge in [-0.2, -0.15) is 0 Å². The van der Waals surface area contributed by atoms with E-state index >= 15 is 0 Å². The third-order valence-corrected chi connectivity index (χ3v) is 3.34. The van der Waals surface area contributed by atoms with Gasteiger partial charge in [0, 0.05) is 35.3 Å². The Labute approximate surface area is 107 Å². The maximum atomic E-state index is 11.7. The third kappa shape index (κ3) is 2.74. The number of H-pyrrole nitrogens is 1. The maximum Gasteiger partial charge on any atom is 0.267 e. The number of aliphatic hydroxyl groups excluding tert-OH is 1. The van der Waals surface area contributed by atoms with E-state index < -0.39 is 0 Å². The smallest absolute Gasteiger partial charge is 0.267 e. The molecule has 16 heavy (non-hydrogen) atoms. The number of aromatic amines is 1. The van der Waals surface area contributed by atoms with E-state index in [2.05, 4.69) is 38.2 Å². The summed E-state index contributed by atoms with van der Waals surface area (Å²) in [6.45, 7) is 1.87. The van der Waals surface area contributed by atoms with Crippen LogP contribution in [0.25, 0.3) is 0 Å². The van der Waals surface area contributed by atoms with Gasteiger partial charge in [-0.25, -0.2) is 0 Å². The first kappa shape index (κ1) is 11.9. The lowest BCUT2D eigenvalue weighted by molar-refractivity contribution is 0.0922. The van der Waals surface area contributed by atoms with E-state index in [0.717, 1.165) is 10.1 Å². The minimum Gasteiger partial charge on any atom is -0.391 e. The second kappa shape index (κ2) is 5.15. The van der Waals surface area contributed by atoms with Gasteiger partial charge in [-0.3, -0.25) is 4.79 Å². The van der Waals surface area contributed by atoms with Crippen LogP contribution in [-0.2, 0) is 0 Å². The van der Waals surface area contributed by atoms with Gasteiger partial charge in [0.05, 0.1) is 6.10 Å². The highest BCUT2D eigenvalue weighted by molar-refractivity contribution is 14.1. The Morgan fingerprint density at radius 1 is 1.62 bits per heavy atom. The Morgan fingerprint density at radius 3 is 3.00 bits per heavy atom. The van der Waals surface area contributed by atoms with Crippen molar-refractivity contribution in [3.8, 4) is 0 Å². The fourth-order valence-corrected chi connectivity index (χ4v) is 2.21. The molecule has 1 aliphatic heterocycles. The molecule has 5 nitrogen and oxygen atoms in total. The summed E-state index contributed by atoms with van der Waals surface area (Å²) in [6, 6.07) is 1.79. The van der Waals surface area contributed by atoms with Crippen LogP contribution in [0.3, 0.4) is 0 Å². The molecular formula is C10H14IN3O2. The van der Waals surface area contributed by atoms with Gasteiger partial charge in [0.25, 0.3) is 5.91 Å². The first-order chi connectivity index (χ1) is 7.66. The van der Waals surface area contributed by atoms with Crippen molar-refractivity contribution in [2.24, 2.45) is 5.92 Å². The molecule has 2 rings (SSSR count). The fraction of sp³-hybridized carbons (Fsp3) is 0.500. The molecule has 0 aromatic carbocycles. The van der Waals surface area contributed by atoms with E-state index in [9.17, 15) is 9.90 Å². The number of carbonyl (C=O) groups excluding carboxylic acids is 1. The summed E-state index contributed by atoms with van der Waals surface area (Å²) < 4.78 is 1.00. The number of carbonyl (C=O) groups is 1. The summed E-state index contributed by atoms with van der Waals surface area (Å²) in [5.41, 5.74) is 0.560. The Bertz CT molecular complexity index is 380. The van der Waals surface area contributed by atoms with Crippen LogP contribution in [0.15, 0.2) is 12.3 Å². The number of hydrogen-bond donors (Lipinski definition) is 4. The Balaban J connectivity index is 1.84. The van der Waals surface area contributed by atoms with Crippen molar-refractivity contribution in [3.05, 3.63) is 21.5 Å². The predicted octanol–water partition coefficient (Wildman–Crippen LogP) is -0.0706. The lowest BCUT2D eigenvalue weighted by atomic mass is 10.1. The van der Waals surface area contributed by atoms with E-state index in [1.54, 1.807) is 12.3 Å². The highest BCUT2D eigenvalue weighted by Crippen LogP contribution is 2.09. The molecule has 88 valence electrons. The van der Waals surface area contributed by atoms with Crippen molar-refractivity contribution in [2.75, 3.05) is 19.6 Å². The minimum atomic E-state index is -0.357. The summed E-state index contributed by atoms with van der Waals surface area (Å²) >= 11 is 2.14. The maximum absolute atomic E-state index is 11.7. The molecular weight excluding hydrogens is 321 g/mol. The lowest BCUT2D eigenvalue weighted by Crippen LogP contribution is -2.34. The van der Waals surface area contributed by atoms with Gasteiger partial charge in [0.15, 0.2) is 0 Å². The zero-order valence-corrected chi connectivity index (χ0v) is 10.8. The van der Waals surface area contributed by atoms with Crippen LogP contribution in [0, 0.1) is 9.49 Å². The molecule has 1 aromatic rings. The number of aromatic nitrogens is 1. The van der Waals surface area contributed by atoms with Crippen LogP contribution >= 0.6 is 22.6 Å². The fourth-order valence-electron chi connectivity index (χ4n) is 1.75. The second-order valence-corrected chi connectivity index (χ2v) is 5.17. The third-order valence-electron chi connectivity index (χ3n) is 2.72. The number of rotatable bonds is 3. The first-order valence-corrected chi connectivity index (χ1v) is 6.25. The number of β-amino-alcohol motifs (C(OH)–C–C–N with tert-alkyl or cyclic N) is 1. The van der Waals surface area contributed by atoms with Gasteiger partial charge in [-0.15, -0.1) is 0 Å². The van der Waals surface area contributed by atoms with E-state index in [1.807, 2.05) is 0 Å². The van der Waals surface area contributed by atoms with Crippen molar-refractivity contribution in [2.45, 2.75) is 6.10 Å². The molecule has 0 saturated carbocycles. The number of hydrogen-bond acceptors (Lipinski definition) is 3. The Hall–Kier alpha value is -0.600. The van der Waals surface area contributed by atoms with Crippen molar-refractivity contribution in [3.63, 3.8) is 0 Å². The van der Waals surface area contributed by atoms with Crippen LogP contribution < -0.4 is 10.6 Å². The topological polar surface area (TPSA) is 77.2 Å². The van der Waals surface area contributed by atoms with Crippen LogP contribution in [0.4, 0.5) is 0 Å². The zero-order chi connectivity index (χ0) is 11.5. The van der Waals surface area contributed by atoms with Crippen LogP contribution in [0.2, 0.25) is 0 Å². The van der Waals surface area contributed by atoms with Gasteiger partial charge < -0.3 is 20.7 Å². The molecule has 4 N–H and O–H groups in total. The molecule has 1 saturated heterocycles. The molecule has 1 amide bonds. The van der Waals surface area contributed by atoms with Crippen molar-refractivity contribution < 1.29 is 9.90 Å². The molecule has 0 spiro atoms. The van der Waals surface area contributed by atoms with Crippen LogP contribution in [0.5, 0.6) is 0 Å². The molecule has 6 heteroatoms. The number of halogens is 1. The average Bonchev–Trinajstić information content (AvgIpc) is 2.84. The van der Waals surface area contributed by atoms with E-state index in [4.69, 9.17) is 0 Å². The molecule has 0 radical (unpaired) electrons. The Kier molecular flexibility index (Phi) is 3.82. The first-order valence-electron chi connectivity index (χ1n) is 5.17. The minimum absolute atomic E-state index is 0.109. The lowest BCUT2D eigenvalue weighted by Gasteiger charge is -2.13. The molecule has 2 unspecified atom stereocenters. The molecule has 1 aliphatic rings. The summed E-state index contributed by atoms with van der Waals surface area (Å²) in [5.74, 6) is -0.0139. The van der Waals surface area contributed by atoms with Gasteiger partial charge in [-0.1, -0.05) is 0 Å². The van der Waals surface area contributed by atoms with Crippen molar-refractivity contribution in [1.82, 2.24) is 15.6 Å². The second-order valence-electron chi connectivity index (χ2n) is 3.93.